The number of nitrogens with one attached hydrogen (secondary N) is 2. The number of rotatable bonds is 8. The van der Waals surface area contributed by atoms with Gasteiger partial charge in [0.05, 0.1) is 22.4 Å². The predicted octanol–water partition coefficient (Wildman–Crippen LogP) is 1.65. The summed E-state index contributed by atoms with van der Waals surface area (Å²) in [5, 5.41) is 28.3. The molecule has 42 heavy (non-hydrogen) atoms. The number of nitrogens with zero attached hydrogens (tertiary/aromatic N) is 7. The van der Waals surface area contributed by atoms with Crippen molar-refractivity contribution in [2.75, 3.05) is 41.3 Å². The molecule has 0 unspecified atom stereocenters. The molecule has 1 aliphatic heterocycles. The van der Waals surface area contributed by atoms with Gasteiger partial charge in [-0.2, -0.15) is 10.5 Å². The minimum atomic E-state index is -0.889. The summed E-state index contributed by atoms with van der Waals surface area (Å²) in [5.41, 5.74) is 1.20. The molecule has 220 valence electrons. The number of hydrogen-bond acceptors (Lipinski definition) is 10. The third-order valence-electron chi connectivity index (χ3n) is 8.51. The van der Waals surface area contributed by atoms with Crippen LogP contribution in [0.5, 0.6) is 0 Å². The minimum absolute atomic E-state index is 0.0626. The van der Waals surface area contributed by atoms with Crippen LogP contribution in [0.3, 0.4) is 0 Å². The summed E-state index contributed by atoms with van der Waals surface area (Å²) in [4.78, 5) is 47.3. The minimum Gasteiger partial charge on any atom is -0.344 e. The van der Waals surface area contributed by atoms with Crippen LogP contribution in [0.2, 0.25) is 0 Å². The number of tetrazole rings is 1. The van der Waals surface area contributed by atoms with Gasteiger partial charge in [-0.25, -0.2) is 0 Å². The number of hydrogen-bond donors (Lipinski definition) is 2. The van der Waals surface area contributed by atoms with Crippen molar-refractivity contribution in [1.29, 1.82) is 5.26 Å². The summed E-state index contributed by atoms with van der Waals surface area (Å²) in [6.07, 6.45) is 3.61. The van der Waals surface area contributed by atoms with Crippen LogP contribution in [0.1, 0.15) is 65.3 Å². The topological polar surface area (TPSA) is 151 Å². The summed E-state index contributed by atoms with van der Waals surface area (Å²) in [5.74, 6) is 0.696. The predicted molar refractivity (Wildman–Crippen MR) is 156 cm³/mol. The molecule has 1 saturated heterocycles. The highest BCUT2D eigenvalue weighted by molar-refractivity contribution is 7.16. The summed E-state index contributed by atoms with van der Waals surface area (Å²) in [7, 11) is 6.94. The number of thiophene rings is 2. The Bertz CT molecular complexity index is 1500. The lowest BCUT2D eigenvalue weighted by atomic mass is 9.78. The third kappa shape index (κ3) is 4.69. The zero-order chi connectivity index (χ0) is 29.8. The number of amides is 3. The number of aryl methyl sites for hydroxylation is 2. The van der Waals surface area contributed by atoms with Crippen molar-refractivity contribution >= 4 is 40.4 Å². The van der Waals surface area contributed by atoms with E-state index in [1.54, 1.807) is 42.9 Å². The molecule has 2 N–H and O–H groups in total. The van der Waals surface area contributed by atoms with Crippen molar-refractivity contribution in [1.82, 2.24) is 40.6 Å². The van der Waals surface area contributed by atoms with Crippen molar-refractivity contribution in [3.63, 3.8) is 0 Å². The number of fused-ring (bicyclic) bond motifs is 3. The first-order chi connectivity index (χ1) is 20.1. The second-order valence-corrected chi connectivity index (χ2v) is 13.7. The van der Waals surface area contributed by atoms with E-state index in [4.69, 9.17) is 0 Å². The molecule has 0 bridgehead atoms. The van der Waals surface area contributed by atoms with Gasteiger partial charge in [-0.05, 0) is 67.8 Å². The van der Waals surface area contributed by atoms with E-state index in [0.29, 0.717) is 47.3 Å². The van der Waals surface area contributed by atoms with Crippen LogP contribution >= 0.6 is 22.7 Å². The second kappa shape index (κ2) is 10.9. The van der Waals surface area contributed by atoms with Gasteiger partial charge in [0.15, 0.2) is 5.82 Å². The molecule has 3 aromatic rings. The number of likely N-dealkylation sites (tertiary alicyclic amines) is 1. The van der Waals surface area contributed by atoms with E-state index in [1.165, 1.54) is 22.7 Å². The van der Waals surface area contributed by atoms with Crippen molar-refractivity contribution < 1.29 is 14.4 Å². The lowest BCUT2D eigenvalue weighted by molar-refractivity contribution is -0.131. The molecular formula is C28H33N9O3S2. The Balaban J connectivity index is 1.38. The Hall–Kier alpha value is -3.67. The first kappa shape index (κ1) is 28.4. The van der Waals surface area contributed by atoms with Crippen molar-refractivity contribution in [3.8, 4) is 6.07 Å². The fourth-order valence-electron chi connectivity index (χ4n) is 6.35. The molecule has 0 aromatic carbocycles. The molecule has 3 amide bonds. The zero-order valence-corrected chi connectivity index (χ0v) is 25.6. The van der Waals surface area contributed by atoms with Gasteiger partial charge in [-0.1, -0.05) is 5.21 Å². The van der Waals surface area contributed by atoms with Gasteiger partial charge >= 0.3 is 0 Å². The molecule has 3 aromatic heterocycles. The molecule has 6 rings (SSSR count). The number of piperidine rings is 1. The number of aromatic nitrogens is 4. The van der Waals surface area contributed by atoms with E-state index in [0.717, 1.165) is 33.7 Å². The van der Waals surface area contributed by atoms with Crippen LogP contribution in [0, 0.1) is 17.2 Å². The number of H-pyrrole nitrogens is 1. The van der Waals surface area contributed by atoms with E-state index in [9.17, 15) is 19.6 Å². The molecule has 2 aliphatic carbocycles. The first-order valence-electron chi connectivity index (χ1n) is 14.0. The lowest BCUT2D eigenvalue weighted by Crippen LogP contribution is -2.43. The average Bonchev–Trinajstić information content (AvgIpc) is 3.47. The maximum absolute atomic E-state index is 13.1. The van der Waals surface area contributed by atoms with Crippen LogP contribution in [0.25, 0.3) is 0 Å². The van der Waals surface area contributed by atoms with E-state index >= 15 is 0 Å². The molecule has 3 atom stereocenters. The van der Waals surface area contributed by atoms with Crippen LogP contribution < -0.4 is 5.32 Å². The summed E-state index contributed by atoms with van der Waals surface area (Å²) in [6, 6.07) is 6.07. The van der Waals surface area contributed by atoms with E-state index in [-0.39, 0.29) is 36.3 Å². The SMILES string of the molecule is CN(C)C(=O)c1cc2c(s1)C(CCNCC(=O)N1[C@H](C#N)C[C@@H]3C[C@@H]31)(c1nn[nH]n1)c1sc(C(=O)N(C)C)cc1CC2. The Kier molecular flexibility index (Phi) is 7.36. The van der Waals surface area contributed by atoms with Crippen LogP contribution in [0.4, 0.5) is 0 Å². The monoisotopic (exact) mass is 607 g/mol. The van der Waals surface area contributed by atoms with Crippen LogP contribution in [0.15, 0.2) is 12.1 Å². The third-order valence-corrected chi connectivity index (χ3v) is 11.2. The standard InChI is InChI=1S/C28H33N9O3S2/c1-35(2)25(39)20-11-15-5-6-16-12-21(26(40)36(3)4)42-24(16)28(23(15)41-20,27-31-33-34-32-27)7-8-30-14-22(38)37-18(13-29)9-17-10-19(17)37/h11-12,17-19,30H,5-10,14H2,1-4H3,(H,31,32,33,34)/t17-,18+,19+/m1/s1. The number of aromatic amines is 1. The highest BCUT2D eigenvalue weighted by Gasteiger charge is 2.54. The highest BCUT2D eigenvalue weighted by Crippen LogP contribution is 2.52. The van der Waals surface area contributed by atoms with E-state index in [1.807, 2.05) is 12.1 Å². The van der Waals surface area contributed by atoms with Gasteiger partial charge in [0.25, 0.3) is 11.8 Å². The number of carbonyl (C=O) groups excluding carboxylic acids is 3. The van der Waals surface area contributed by atoms with Gasteiger partial charge in [0.1, 0.15) is 11.5 Å². The zero-order valence-electron chi connectivity index (χ0n) is 24.0. The van der Waals surface area contributed by atoms with Gasteiger partial charge in [-0.15, -0.1) is 32.9 Å². The van der Waals surface area contributed by atoms with E-state index < -0.39 is 5.41 Å². The van der Waals surface area contributed by atoms with E-state index in [2.05, 4.69) is 32.0 Å². The second-order valence-electron chi connectivity index (χ2n) is 11.6. The summed E-state index contributed by atoms with van der Waals surface area (Å²) >= 11 is 2.86. The lowest BCUT2D eigenvalue weighted by Gasteiger charge is -2.30. The normalized spacial score (nSPS) is 21.5. The Morgan fingerprint density at radius 1 is 1.07 bits per heavy atom. The molecule has 3 aliphatic rings. The Morgan fingerprint density at radius 2 is 1.69 bits per heavy atom. The maximum Gasteiger partial charge on any atom is 0.263 e. The quantitative estimate of drug-likeness (QED) is 0.367. The molecule has 2 fully saturated rings. The van der Waals surface area contributed by atoms with Gasteiger partial charge in [0.2, 0.25) is 5.91 Å². The maximum atomic E-state index is 13.1. The first-order valence-corrected chi connectivity index (χ1v) is 15.6. The largest absolute Gasteiger partial charge is 0.344 e. The summed E-state index contributed by atoms with van der Waals surface area (Å²) < 4.78 is 0. The van der Waals surface area contributed by atoms with Gasteiger partial charge in [-0.3, -0.25) is 14.4 Å². The molecule has 1 saturated carbocycles. The van der Waals surface area contributed by atoms with Crippen LogP contribution in [-0.2, 0) is 23.1 Å². The van der Waals surface area contributed by atoms with Crippen molar-refractivity contribution in [2.24, 2.45) is 5.92 Å². The smallest absolute Gasteiger partial charge is 0.263 e. The summed E-state index contributed by atoms with van der Waals surface area (Å²) in [6.45, 7) is 0.551. The molecule has 14 heteroatoms. The Morgan fingerprint density at radius 3 is 2.21 bits per heavy atom. The molecule has 4 heterocycles. The fourth-order valence-corrected chi connectivity index (χ4v) is 9.32. The molecule has 0 spiro atoms. The van der Waals surface area contributed by atoms with Crippen LogP contribution in [-0.4, -0.2) is 106 Å². The molecular weight excluding hydrogens is 575 g/mol. The number of nitriles is 1. The van der Waals surface area contributed by atoms with Gasteiger partial charge < -0.3 is 20.0 Å². The fraction of sp³-hybridized carbons (Fsp3) is 0.536. The van der Waals surface area contributed by atoms with Crippen molar-refractivity contribution in [2.45, 2.75) is 49.6 Å². The Labute approximate surface area is 251 Å². The average molecular weight is 608 g/mol. The number of carbonyl (C=O) groups is 3. The highest BCUT2D eigenvalue weighted by atomic mass is 32.1. The van der Waals surface area contributed by atoms with Crippen molar-refractivity contribution in [3.05, 3.63) is 48.6 Å². The molecule has 12 nitrogen and oxygen atoms in total. The molecule has 0 radical (unpaired) electrons. The van der Waals surface area contributed by atoms with Gasteiger partial charge in [0, 0.05) is 44.0 Å².